The highest BCUT2D eigenvalue weighted by atomic mass is 28.4. The number of benzene rings is 1. The zero-order valence-corrected chi connectivity index (χ0v) is 20.6. The van der Waals surface area contributed by atoms with Crippen molar-refractivity contribution < 1.29 is 14.6 Å². The minimum atomic E-state index is -2.04. The van der Waals surface area contributed by atoms with Gasteiger partial charge in [0.05, 0.1) is 11.7 Å². The maximum absolute atomic E-state index is 11.4. The molecule has 4 rings (SSSR count). The molecule has 31 heavy (non-hydrogen) atoms. The van der Waals surface area contributed by atoms with Gasteiger partial charge in [-0.05, 0) is 90.0 Å². The van der Waals surface area contributed by atoms with Crippen LogP contribution in [0.3, 0.4) is 0 Å². The van der Waals surface area contributed by atoms with E-state index in [9.17, 15) is 10.2 Å². The number of aliphatic hydroxyl groups is 2. The van der Waals surface area contributed by atoms with Gasteiger partial charge in [0, 0.05) is 16.9 Å². The van der Waals surface area contributed by atoms with Gasteiger partial charge in [0.2, 0.25) is 8.32 Å². The second-order valence-electron chi connectivity index (χ2n) is 11.4. The van der Waals surface area contributed by atoms with Crippen LogP contribution in [0.15, 0.2) is 29.4 Å². The molecule has 6 nitrogen and oxygen atoms in total. The van der Waals surface area contributed by atoms with Gasteiger partial charge in [-0.2, -0.15) is 0 Å². The SMILES string of the molecule is C=C1[C@H](O)[C@]23C[C@@]1(O)CC[C@H]2c1ccc(O[Si](C)(C)C(C)(C)C)c(C)c1[C@@H]3CN=[N+]=[N-]. The van der Waals surface area contributed by atoms with Crippen LogP contribution in [0, 0.1) is 12.3 Å². The third-order valence-electron chi connectivity index (χ3n) is 8.90. The Morgan fingerprint density at radius 1 is 1.35 bits per heavy atom. The Balaban J connectivity index is 1.87. The van der Waals surface area contributed by atoms with Crippen molar-refractivity contribution in [1.29, 1.82) is 0 Å². The maximum atomic E-state index is 11.4. The van der Waals surface area contributed by atoms with Crippen LogP contribution in [0.1, 0.15) is 68.6 Å². The first-order chi connectivity index (χ1) is 14.3. The van der Waals surface area contributed by atoms with Crippen molar-refractivity contribution in [2.45, 2.75) is 88.6 Å². The van der Waals surface area contributed by atoms with Gasteiger partial charge in [0.1, 0.15) is 5.75 Å². The Morgan fingerprint density at radius 2 is 2.03 bits per heavy atom. The lowest BCUT2D eigenvalue weighted by Crippen LogP contribution is -2.44. The Hall–Kier alpha value is -1.79. The molecule has 2 fully saturated rings. The quantitative estimate of drug-likeness (QED) is 0.206. The Kier molecular flexibility index (Phi) is 4.95. The largest absolute Gasteiger partial charge is 0.543 e. The molecular weight excluding hydrogens is 406 g/mol. The lowest BCUT2D eigenvalue weighted by molar-refractivity contribution is -0.0179. The molecule has 1 spiro atoms. The first kappa shape index (κ1) is 22.4. The molecule has 2 bridgehead atoms. The van der Waals surface area contributed by atoms with Crippen molar-refractivity contribution in [2.75, 3.05) is 6.54 Å². The number of aliphatic hydroxyl groups excluding tert-OH is 1. The topological polar surface area (TPSA) is 98.5 Å². The minimum Gasteiger partial charge on any atom is -0.543 e. The zero-order chi connectivity index (χ0) is 23.0. The number of azide groups is 1. The van der Waals surface area contributed by atoms with E-state index < -0.39 is 25.4 Å². The molecule has 2 saturated carbocycles. The van der Waals surface area contributed by atoms with Crippen LogP contribution < -0.4 is 4.43 Å². The normalized spacial score (nSPS) is 34.2. The van der Waals surface area contributed by atoms with Gasteiger partial charge in [-0.1, -0.05) is 38.5 Å². The van der Waals surface area contributed by atoms with Crippen molar-refractivity contribution in [2.24, 2.45) is 10.5 Å². The molecule has 0 amide bonds. The molecule has 1 aromatic carbocycles. The van der Waals surface area contributed by atoms with Crippen molar-refractivity contribution in [3.63, 3.8) is 0 Å². The van der Waals surface area contributed by atoms with E-state index in [1.54, 1.807) is 0 Å². The van der Waals surface area contributed by atoms with E-state index in [1.807, 2.05) is 0 Å². The van der Waals surface area contributed by atoms with Crippen LogP contribution in [-0.4, -0.2) is 36.8 Å². The van der Waals surface area contributed by atoms with Crippen molar-refractivity contribution >= 4 is 8.32 Å². The number of hydrogen-bond donors (Lipinski definition) is 2. The van der Waals surface area contributed by atoms with E-state index in [4.69, 9.17) is 9.96 Å². The number of fused-ring (bicyclic) bond motifs is 3. The van der Waals surface area contributed by atoms with Gasteiger partial charge >= 0.3 is 0 Å². The summed E-state index contributed by atoms with van der Waals surface area (Å²) in [6.07, 6.45) is 1.03. The third kappa shape index (κ3) is 2.94. The standard InChI is InChI=1S/C24H35N3O3Si/c1-14-19(30-31(6,7)22(3,4)5)9-8-16-17-10-11-23(29)13-24(17,21(28)15(23)2)18(20(14)16)12-26-27-25/h8-9,17-18,21,28-29H,2,10-13H2,1,3-7H3/t17-,18-,21-,23-,24+/m0/s1. The molecule has 0 heterocycles. The van der Waals surface area contributed by atoms with E-state index in [0.717, 1.165) is 23.3 Å². The van der Waals surface area contributed by atoms with E-state index in [2.05, 4.69) is 69.5 Å². The second kappa shape index (κ2) is 6.85. The van der Waals surface area contributed by atoms with Gasteiger partial charge < -0.3 is 14.6 Å². The van der Waals surface area contributed by atoms with Gasteiger partial charge in [0.25, 0.3) is 0 Å². The highest BCUT2D eigenvalue weighted by Crippen LogP contribution is 2.71. The fraction of sp³-hybridized carbons (Fsp3) is 0.667. The maximum Gasteiger partial charge on any atom is 0.250 e. The van der Waals surface area contributed by atoms with Gasteiger partial charge in [-0.3, -0.25) is 0 Å². The summed E-state index contributed by atoms with van der Waals surface area (Å²) >= 11 is 0. The minimum absolute atomic E-state index is 0.0749. The van der Waals surface area contributed by atoms with Crippen molar-refractivity contribution in [3.05, 3.63) is 51.4 Å². The average molecular weight is 442 g/mol. The van der Waals surface area contributed by atoms with Crippen molar-refractivity contribution in [1.82, 2.24) is 0 Å². The molecule has 2 N–H and O–H groups in total. The summed E-state index contributed by atoms with van der Waals surface area (Å²) < 4.78 is 6.68. The fourth-order valence-electron chi connectivity index (χ4n) is 6.19. The number of hydrogen-bond acceptors (Lipinski definition) is 4. The molecule has 3 aliphatic rings. The van der Waals surface area contributed by atoms with Crippen LogP contribution in [0.4, 0.5) is 0 Å². The lowest BCUT2D eigenvalue weighted by Gasteiger charge is -2.43. The van der Waals surface area contributed by atoms with Crippen LogP contribution in [-0.2, 0) is 0 Å². The molecule has 1 aromatic rings. The summed E-state index contributed by atoms with van der Waals surface area (Å²) in [6.45, 7) is 17.6. The van der Waals surface area contributed by atoms with E-state index in [-0.39, 0.29) is 23.4 Å². The Labute approximate surface area is 186 Å². The monoisotopic (exact) mass is 441 g/mol. The molecule has 0 saturated heterocycles. The number of rotatable bonds is 4. The predicted molar refractivity (Wildman–Crippen MR) is 125 cm³/mol. The summed E-state index contributed by atoms with van der Waals surface area (Å²) in [5.74, 6) is 0.817. The molecule has 0 aromatic heterocycles. The predicted octanol–water partition coefficient (Wildman–Crippen LogP) is 5.70. The molecule has 0 radical (unpaired) electrons. The molecule has 3 aliphatic carbocycles. The van der Waals surface area contributed by atoms with Gasteiger partial charge in [-0.25, -0.2) is 0 Å². The smallest absolute Gasteiger partial charge is 0.250 e. The molecular formula is C24H35N3O3Si. The molecule has 5 atom stereocenters. The van der Waals surface area contributed by atoms with E-state index in [0.29, 0.717) is 18.4 Å². The first-order valence-corrected chi connectivity index (χ1v) is 14.1. The summed E-state index contributed by atoms with van der Waals surface area (Å²) in [5, 5.41) is 26.6. The average Bonchev–Trinajstić information content (AvgIpc) is 3.03. The van der Waals surface area contributed by atoms with Crippen LogP contribution >= 0.6 is 0 Å². The molecule has 168 valence electrons. The van der Waals surface area contributed by atoms with Gasteiger partial charge in [-0.15, -0.1) is 0 Å². The third-order valence-corrected chi connectivity index (χ3v) is 13.2. The van der Waals surface area contributed by atoms with Crippen LogP contribution in [0.25, 0.3) is 10.4 Å². The summed E-state index contributed by atoms with van der Waals surface area (Å²) in [7, 11) is -2.04. The van der Waals surface area contributed by atoms with Crippen LogP contribution in [0.5, 0.6) is 5.75 Å². The zero-order valence-electron chi connectivity index (χ0n) is 19.6. The summed E-state index contributed by atoms with van der Waals surface area (Å²) in [5.41, 5.74) is 11.4. The van der Waals surface area contributed by atoms with E-state index >= 15 is 0 Å². The highest BCUT2D eigenvalue weighted by molar-refractivity contribution is 6.74. The van der Waals surface area contributed by atoms with Crippen molar-refractivity contribution in [3.8, 4) is 5.75 Å². The Bertz CT molecular complexity index is 995. The highest BCUT2D eigenvalue weighted by Gasteiger charge is 2.68. The summed E-state index contributed by atoms with van der Waals surface area (Å²) in [4.78, 5) is 3.03. The Morgan fingerprint density at radius 3 is 2.65 bits per heavy atom. The fourth-order valence-corrected chi connectivity index (χ4v) is 7.27. The van der Waals surface area contributed by atoms with Crippen LogP contribution in [0.2, 0.25) is 18.1 Å². The van der Waals surface area contributed by atoms with Gasteiger partial charge in [0.15, 0.2) is 0 Å². The lowest BCUT2D eigenvalue weighted by atomic mass is 9.62. The molecule has 7 heteroatoms. The second-order valence-corrected chi connectivity index (χ2v) is 16.1. The summed E-state index contributed by atoms with van der Waals surface area (Å²) in [6, 6.07) is 4.22. The first-order valence-electron chi connectivity index (χ1n) is 11.2. The van der Waals surface area contributed by atoms with E-state index in [1.165, 1.54) is 5.56 Å². The molecule has 0 aliphatic heterocycles. The number of nitrogens with zero attached hydrogens (tertiary/aromatic N) is 3. The molecule has 0 unspecified atom stereocenters.